The molecule has 0 aromatic carbocycles. The van der Waals surface area contributed by atoms with E-state index in [1.165, 1.54) is 5.56 Å². The Kier molecular flexibility index (Phi) is 4.78. The molecule has 0 aliphatic carbocycles. The van der Waals surface area contributed by atoms with Crippen LogP contribution in [0.25, 0.3) is 0 Å². The Balaban J connectivity index is 2.46. The highest BCUT2D eigenvalue weighted by Crippen LogP contribution is 2.09. The highest BCUT2D eigenvalue weighted by atomic mass is 32.1. The van der Waals surface area contributed by atoms with Crippen molar-refractivity contribution in [2.45, 2.75) is 26.5 Å². The summed E-state index contributed by atoms with van der Waals surface area (Å²) in [5.74, 6) is 0.0306. The summed E-state index contributed by atoms with van der Waals surface area (Å²) in [6.45, 7) is 4.90. The Hall–Kier alpha value is -0.870. The van der Waals surface area contributed by atoms with Crippen molar-refractivity contribution >= 4 is 17.2 Å². The van der Waals surface area contributed by atoms with E-state index in [0.29, 0.717) is 13.2 Å². The van der Waals surface area contributed by atoms with E-state index in [2.05, 4.69) is 5.38 Å². The third-order valence-corrected chi connectivity index (χ3v) is 2.87. The highest BCUT2D eigenvalue weighted by Gasteiger charge is 2.17. The smallest absolute Gasteiger partial charge is 0.251 e. The van der Waals surface area contributed by atoms with E-state index >= 15 is 0 Å². The standard InChI is InChI=1S/C11H17NO2S/c1-4-14-9(2)11(13)12(3)7-10-5-6-15-8-10/h5-6,8-9H,4,7H2,1-3H3. The van der Waals surface area contributed by atoms with E-state index in [4.69, 9.17) is 4.74 Å². The van der Waals surface area contributed by atoms with Gasteiger partial charge in [-0.3, -0.25) is 4.79 Å². The van der Waals surface area contributed by atoms with Crippen LogP contribution in [0.3, 0.4) is 0 Å². The number of carbonyl (C=O) groups excluding carboxylic acids is 1. The molecule has 4 heteroatoms. The van der Waals surface area contributed by atoms with Gasteiger partial charge in [0.25, 0.3) is 5.91 Å². The second-order valence-electron chi connectivity index (χ2n) is 3.42. The van der Waals surface area contributed by atoms with Crippen LogP contribution in [0.2, 0.25) is 0 Å². The summed E-state index contributed by atoms with van der Waals surface area (Å²) in [5, 5.41) is 4.06. The number of carbonyl (C=O) groups is 1. The zero-order chi connectivity index (χ0) is 11.3. The summed E-state index contributed by atoms with van der Waals surface area (Å²) in [5.41, 5.74) is 1.17. The maximum absolute atomic E-state index is 11.8. The Morgan fingerprint density at radius 1 is 1.67 bits per heavy atom. The number of thiophene rings is 1. The van der Waals surface area contributed by atoms with Gasteiger partial charge in [0.1, 0.15) is 6.10 Å². The molecule has 0 fully saturated rings. The maximum Gasteiger partial charge on any atom is 0.251 e. The Labute approximate surface area is 94.7 Å². The number of likely N-dealkylation sites (N-methyl/N-ethyl adjacent to an activating group) is 1. The zero-order valence-electron chi connectivity index (χ0n) is 9.40. The van der Waals surface area contributed by atoms with Crippen molar-refractivity contribution in [1.29, 1.82) is 0 Å². The first-order valence-electron chi connectivity index (χ1n) is 5.02. The molecule has 84 valence electrons. The highest BCUT2D eigenvalue weighted by molar-refractivity contribution is 7.07. The van der Waals surface area contributed by atoms with Crippen molar-refractivity contribution in [3.63, 3.8) is 0 Å². The average molecular weight is 227 g/mol. The lowest BCUT2D eigenvalue weighted by atomic mass is 10.3. The van der Waals surface area contributed by atoms with E-state index in [0.717, 1.165) is 0 Å². The lowest BCUT2D eigenvalue weighted by molar-refractivity contribution is -0.141. The van der Waals surface area contributed by atoms with E-state index in [-0.39, 0.29) is 12.0 Å². The van der Waals surface area contributed by atoms with Crippen LogP contribution < -0.4 is 0 Å². The molecule has 0 aliphatic heterocycles. The first-order valence-corrected chi connectivity index (χ1v) is 5.97. The predicted molar refractivity (Wildman–Crippen MR) is 61.9 cm³/mol. The molecule has 0 saturated carbocycles. The van der Waals surface area contributed by atoms with Crippen molar-refractivity contribution in [2.75, 3.05) is 13.7 Å². The summed E-state index contributed by atoms with van der Waals surface area (Å²) < 4.78 is 5.26. The summed E-state index contributed by atoms with van der Waals surface area (Å²) in [4.78, 5) is 13.5. The predicted octanol–water partition coefficient (Wildman–Crippen LogP) is 2.13. The van der Waals surface area contributed by atoms with Gasteiger partial charge in [-0.25, -0.2) is 0 Å². The SMILES string of the molecule is CCOC(C)C(=O)N(C)Cc1ccsc1. The Morgan fingerprint density at radius 2 is 2.40 bits per heavy atom. The summed E-state index contributed by atoms with van der Waals surface area (Å²) >= 11 is 1.64. The quantitative estimate of drug-likeness (QED) is 0.771. The number of hydrogen-bond acceptors (Lipinski definition) is 3. The van der Waals surface area contributed by atoms with Crippen molar-refractivity contribution in [2.24, 2.45) is 0 Å². The van der Waals surface area contributed by atoms with Gasteiger partial charge in [-0.2, -0.15) is 11.3 Å². The summed E-state index contributed by atoms with van der Waals surface area (Å²) in [7, 11) is 1.80. The van der Waals surface area contributed by atoms with Crippen LogP contribution in [0.4, 0.5) is 0 Å². The molecule has 15 heavy (non-hydrogen) atoms. The molecule has 0 N–H and O–H groups in total. The van der Waals surface area contributed by atoms with Crippen LogP contribution in [0, 0.1) is 0 Å². The molecular formula is C11H17NO2S. The minimum absolute atomic E-state index is 0.0306. The molecule has 0 aliphatic rings. The monoisotopic (exact) mass is 227 g/mol. The molecular weight excluding hydrogens is 210 g/mol. The number of rotatable bonds is 5. The molecule has 1 unspecified atom stereocenters. The minimum atomic E-state index is -0.348. The fraction of sp³-hybridized carbons (Fsp3) is 0.545. The van der Waals surface area contributed by atoms with Crippen molar-refractivity contribution < 1.29 is 9.53 Å². The van der Waals surface area contributed by atoms with E-state index < -0.39 is 0 Å². The lowest BCUT2D eigenvalue weighted by Crippen LogP contribution is -2.35. The second-order valence-corrected chi connectivity index (χ2v) is 4.20. The second kappa shape index (κ2) is 5.88. The fourth-order valence-electron chi connectivity index (χ4n) is 1.37. The largest absolute Gasteiger partial charge is 0.369 e. The van der Waals surface area contributed by atoms with Gasteiger partial charge >= 0.3 is 0 Å². The van der Waals surface area contributed by atoms with E-state index in [1.807, 2.05) is 18.4 Å². The van der Waals surface area contributed by atoms with Crippen LogP contribution in [0.5, 0.6) is 0 Å². The van der Waals surface area contributed by atoms with Gasteiger partial charge in [0.15, 0.2) is 0 Å². The van der Waals surface area contributed by atoms with Gasteiger partial charge in [-0.05, 0) is 36.2 Å². The normalized spacial score (nSPS) is 12.5. The van der Waals surface area contributed by atoms with Gasteiger partial charge in [-0.1, -0.05) is 0 Å². The topological polar surface area (TPSA) is 29.5 Å². The molecule has 1 rings (SSSR count). The lowest BCUT2D eigenvalue weighted by Gasteiger charge is -2.20. The van der Waals surface area contributed by atoms with Crippen LogP contribution >= 0.6 is 11.3 Å². The molecule has 1 aromatic heterocycles. The molecule has 1 amide bonds. The average Bonchev–Trinajstić information content (AvgIpc) is 2.69. The first-order chi connectivity index (χ1) is 7.15. The van der Waals surface area contributed by atoms with Crippen LogP contribution in [-0.2, 0) is 16.1 Å². The van der Waals surface area contributed by atoms with Gasteiger partial charge in [0, 0.05) is 20.2 Å². The Morgan fingerprint density at radius 3 is 2.93 bits per heavy atom. The molecule has 1 aromatic rings. The van der Waals surface area contributed by atoms with E-state index in [1.54, 1.807) is 30.2 Å². The van der Waals surface area contributed by atoms with Gasteiger partial charge < -0.3 is 9.64 Å². The third kappa shape index (κ3) is 3.64. The first kappa shape index (κ1) is 12.2. The van der Waals surface area contributed by atoms with Crippen molar-refractivity contribution in [1.82, 2.24) is 4.90 Å². The molecule has 3 nitrogen and oxygen atoms in total. The summed E-state index contributed by atoms with van der Waals surface area (Å²) in [6.07, 6.45) is -0.348. The number of hydrogen-bond donors (Lipinski definition) is 0. The van der Waals surface area contributed by atoms with Gasteiger partial charge in [0.05, 0.1) is 0 Å². The fourth-order valence-corrected chi connectivity index (χ4v) is 2.03. The van der Waals surface area contributed by atoms with Gasteiger partial charge in [0.2, 0.25) is 0 Å². The van der Waals surface area contributed by atoms with Gasteiger partial charge in [-0.15, -0.1) is 0 Å². The number of nitrogens with zero attached hydrogens (tertiary/aromatic N) is 1. The van der Waals surface area contributed by atoms with E-state index in [9.17, 15) is 4.79 Å². The molecule has 0 saturated heterocycles. The number of amides is 1. The van der Waals surface area contributed by atoms with Crippen molar-refractivity contribution in [3.8, 4) is 0 Å². The van der Waals surface area contributed by atoms with Crippen molar-refractivity contribution in [3.05, 3.63) is 22.4 Å². The minimum Gasteiger partial charge on any atom is -0.369 e. The third-order valence-electron chi connectivity index (χ3n) is 2.14. The zero-order valence-corrected chi connectivity index (χ0v) is 10.2. The molecule has 0 bridgehead atoms. The number of ether oxygens (including phenoxy) is 1. The van der Waals surface area contributed by atoms with Crippen LogP contribution in [0.15, 0.2) is 16.8 Å². The molecule has 1 atom stereocenters. The maximum atomic E-state index is 11.8. The van der Waals surface area contributed by atoms with Crippen LogP contribution in [-0.4, -0.2) is 30.6 Å². The van der Waals surface area contributed by atoms with Crippen LogP contribution in [0.1, 0.15) is 19.4 Å². The Bertz CT molecular complexity index is 298. The molecule has 1 heterocycles. The molecule has 0 radical (unpaired) electrons. The molecule has 0 spiro atoms. The summed E-state index contributed by atoms with van der Waals surface area (Å²) in [6, 6.07) is 2.03.